The van der Waals surface area contributed by atoms with Crippen LogP contribution in [0.15, 0.2) is 48.5 Å². The lowest BCUT2D eigenvalue weighted by Crippen LogP contribution is -2.53. The van der Waals surface area contributed by atoms with E-state index in [2.05, 4.69) is 27.9 Å². The molecule has 0 unspecified atom stereocenters. The Kier molecular flexibility index (Phi) is 10.4. The van der Waals surface area contributed by atoms with E-state index < -0.39 is 28.5 Å². The summed E-state index contributed by atoms with van der Waals surface area (Å²) in [5.74, 6) is -0.672. The highest BCUT2D eigenvalue weighted by Crippen LogP contribution is 2.21. The molecule has 0 aliphatic carbocycles. The quantitative estimate of drug-likeness (QED) is 0.395. The molecule has 34 heavy (non-hydrogen) atoms. The first-order chi connectivity index (χ1) is 16.0. The molecule has 9 heteroatoms. The van der Waals surface area contributed by atoms with Crippen molar-refractivity contribution in [2.75, 3.05) is 17.1 Å². The Bertz CT molecular complexity index is 1090. The highest BCUT2D eigenvalue weighted by molar-refractivity contribution is 14.1. The van der Waals surface area contributed by atoms with Gasteiger partial charge in [0.1, 0.15) is 12.6 Å². The van der Waals surface area contributed by atoms with Crippen molar-refractivity contribution in [2.45, 2.75) is 59.2 Å². The first-order valence-corrected chi connectivity index (χ1v) is 14.3. The zero-order valence-electron chi connectivity index (χ0n) is 20.4. The summed E-state index contributed by atoms with van der Waals surface area (Å²) in [6, 6.07) is 13.9. The van der Waals surface area contributed by atoms with E-state index in [1.165, 1.54) is 4.90 Å². The molecule has 0 fully saturated rings. The van der Waals surface area contributed by atoms with Gasteiger partial charge in [0.05, 0.1) is 11.9 Å². The van der Waals surface area contributed by atoms with Crippen LogP contribution < -0.4 is 9.62 Å². The minimum absolute atomic E-state index is 0.0308. The Morgan fingerprint density at radius 1 is 1.06 bits per heavy atom. The molecule has 7 nitrogen and oxygen atoms in total. The van der Waals surface area contributed by atoms with Crippen LogP contribution in [0.1, 0.15) is 44.7 Å². The van der Waals surface area contributed by atoms with Gasteiger partial charge in [-0.05, 0) is 79.1 Å². The molecule has 2 rings (SSSR count). The molecule has 0 saturated carbocycles. The fourth-order valence-electron chi connectivity index (χ4n) is 3.59. The van der Waals surface area contributed by atoms with Gasteiger partial charge in [-0.3, -0.25) is 13.9 Å². The number of hydrogen-bond donors (Lipinski definition) is 1. The number of carbonyl (C=O) groups is 2. The van der Waals surface area contributed by atoms with Crippen molar-refractivity contribution in [1.82, 2.24) is 10.2 Å². The van der Waals surface area contributed by atoms with E-state index in [0.29, 0.717) is 12.1 Å². The van der Waals surface area contributed by atoms with Crippen LogP contribution in [0.3, 0.4) is 0 Å². The van der Waals surface area contributed by atoms with Crippen LogP contribution in [0.5, 0.6) is 0 Å². The van der Waals surface area contributed by atoms with Gasteiger partial charge < -0.3 is 10.2 Å². The summed E-state index contributed by atoms with van der Waals surface area (Å²) in [5.41, 5.74) is 2.32. The van der Waals surface area contributed by atoms with Crippen LogP contribution in [0, 0.1) is 10.5 Å². The summed E-state index contributed by atoms with van der Waals surface area (Å²) in [5, 5.41) is 2.97. The molecule has 0 saturated heterocycles. The average molecular weight is 600 g/mol. The molecular formula is C25H34IN3O4S. The van der Waals surface area contributed by atoms with Gasteiger partial charge in [0, 0.05) is 16.2 Å². The third-order valence-electron chi connectivity index (χ3n) is 5.62. The molecule has 186 valence electrons. The Morgan fingerprint density at radius 3 is 2.24 bits per heavy atom. The second-order valence-corrected chi connectivity index (χ2v) is 11.7. The largest absolute Gasteiger partial charge is 0.352 e. The average Bonchev–Trinajstić information content (AvgIpc) is 2.77. The van der Waals surface area contributed by atoms with Crippen molar-refractivity contribution in [2.24, 2.45) is 0 Å². The van der Waals surface area contributed by atoms with Crippen molar-refractivity contribution >= 4 is 50.1 Å². The smallest absolute Gasteiger partial charge is 0.244 e. The zero-order chi connectivity index (χ0) is 25.5. The van der Waals surface area contributed by atoms with Gasteiger partial charge in [0.15, 0.2) is 0 Å². The highest BCUT2D eigenvalue weighted by Gasteiger charge is 2.32. The third kappa shape index (κ3) is 7.97. The summed E-state index contributed by atoms with van der Waals surface area (Å²) in [6.07, 6.45) is 2.25. The second kappa shape index (κ2) is 12.5. The van der Waals surface area contributed by atoms with E-state index in [1.807, 2.05) is 52.0 Å². The van der Waals surface area contributed by atoms with E-state index in [-0.39, 0.29) is 18.5 Å². The van der Waals surface area contributed by atoms with Gasteiger partial charge in [0.2, 0.25) is 21.8 Å². The molecule has 0 radical (unpaired) electrons. The molecule has 0 aliphatic heterocycles. The van der Waals surface area contributed by atoms with Crippen LogP contribution in [0.4, 0.5) is 5.69 Å². The fourth-order valence-corrected chi connectivity index (χ4v) is 4.80. The van der Waals surface area contributed by atoms with Gasteiger partial charge in [-0.1, -0.05) is 43.7 Å². The van der Waals surface area contributed by atoms with Crippen molar-refractivity contribution in [3.05, 3.63) is 63.2 Å². The number of aryl methyl sites for hydroxylation is 1. The third-order valence-corrected chi connectivity index (χ3v) is 7.48. The van der Waals surface area contributed by atoms with E-state index in [9.17, 15) is 18.0 Å². The van der Waals surface area contributed by atoms with Crippen LogP contribution in [-0.2, 0) is 26.2 Å². The zero-order valence-corrected chi connectivity index (χ0v) is 23.4. The molecule has 0 aromatic heterocycles. The Morgan fingerprint density at radius 2 is 1.71 bits per heavy atom. The lowest BCUT2D eigenvalue weighted by Gasteiger charge is -2.33. The maximum absolute atomic E-state index is 13.6. The molecule has 1 N–H and O–H groups in total. The Hall–Kier alpha value is -2.14. The van der Waals surface area contributed by atoms with Gasteiger partial charge in [-0.2, -0.15) is 0 Å². The van der Waals surface area contributed by atoms with E-state index in [4.69, 9.17) is 0 Å². The van der Waals surface area contributed by atoms with Crippen molar-refractivity contribution in [3.8, 4) is 0 Å². The predicted molar refractivity (Wildman–Crippen MR) is 145 cm³/mol. The first-order valence-electron chi connectivity index (χ1n) is 11.3. The van der Waals surface area contributed by atoms with Gasteiger partial charge in [0.25, 0.3) is 0 Å². The topological polar surface area (TPSA) is 86.8 Å². The van der Waals surface area contributed by atoms with Crippen molar-refractivity contribution < 1.29 is 18.0 Å². The van der Waals surface area contributed by atoms with Crippen molar-refractivity contribution in [1.29, 1.82) is 0 Å². The predicted octanol–water partition coefficient (Wildman–Crippen LogP) is 4.09. The molecule has 2 aromatic carbocycles. The lowest BCUT2D eigenvalue weighted by atomic mass is 10.1. The summed E-state index contributed by atoms with van der Waals surface area (Å²) in [6.45, 7) is 7.53. The standard InChI is InChI=1S/C25H34IN3O4S/c1-6-19(4)27-25(31)23(7-2)28(16-20-10-8-9-18(3)15-20)24(30)17-29(34(5,32)33)22-13-11-21(26)12-14-22/h8-15,19,23H,6-7,16-17H2,1-5H3,(H,27,31)/t19-,23+/m0/s1. The van der Waals surface area contributed by atoms with E-state index in [1.54, 1.807) is 24.3 Å². The van der Waals surface area contributed by atoms with E-state index >= 15 is 0 Å². The van der Waals surface area contributed by atoms with Crippen molar-refractivity contribution in [3.63, 3.8) is 0 Å². The van der Waals surface area contributed by atoms with Gasteiger partial charge >= 0.3 is 0 Å². The van der Waals surface area contributed by atoms with Crippen LogP contribution in [-0.4, -0.2) is 50.0 Å². The molecule has 2 aromatic rings. The molecule has 0 heterocycles. The highest BCUT2D eigenvalue weighted by atomic mass is 127. The second-order valence-electron chi connectivity index (χ2n) is 8.50. The summed E-state index contributed by atoms with van der Waals surface area (Å²) in [7, 11) is -3.73. The van der Waals surface area contributed by atoms with Gasteiger partial charge in [-0.25, -0.2) is 8.42 Å². The number of sulfonamides is 1. The minimum atomic E-state index is -3.73. The normalized spacial score (nSPS) is 13.1. The lowest BCUT2D eigenvalue weighted by molar-refractivity contribution is -0.140. The maximum Gasteiger partial charge on any atom is 0.244 e. The van der Waals surface area contributed by atoms with E-state index in [0.717, 1.165) is 31.7 Å². The number of nitrogens with one attached hydrogen (secondary N) is 1. The van der Waals surface area contributed by atoms with Crippen LogP contribution in [0.25, 0.3) is 0 Å². The SMILES string of the molecule is CC[C@H](C(=O)N[C@@H](C)CC)N(Cc1cccc(C)c1)C(=O)CN(c1ccc(I)cc1)S(C)(=O)=O. The Balaban J connectivity index is 2.43. The first kappa shape index (κ1) is 28.1. The van der Waals surface area contributed by atoms with Gasteiger partial charge in [-0.15, -0.1) is 0 Å². The monoisotopic (exact) mass is 599 g/mol. The van der Waals surface area contributed by atoms with Crippen LogP contribution in [0.2, 0.25) is 0 Å². The maximum atomic E-state index is 13.6. The molecule has 0 bridgehead atoms. The number of carbonyl (C=O) groups excluding carboxylic acids is 2. The number of amides is 2. The molecule has 2 atom stereocenters. The number of halogens is 1. The summed E-state index contributed by atoms with van der Waals surface area (Å²) < 4.78 is 27.3. The molecular weight excluding hydrogens is 565 g/mol. The van der Waals surface area contributed by atoms with Crippen LogP contribution >= 0.6 is 22.6 Å². The molecule has 0 spiro atoms. The molecule has 2 amide bonds. The number of hydrogen-bond acceptors (Lipinski definition) is 4. The summed E-state index contributed by atoms with van der Waals surface area (Å²) >= 11 is 2.14. The fraction of sp³-hybridized carbons (Fsp3) is 0.440. The number of benzene rings is 2. The number of anilines is 1. The Labute approximate surface area is 217 Å². The minimum Gasteiger partial charge on any atom is -0.352 e. The summed E-state index contributed by atoms with van der Waals surface area (Å²) in [4.78, 5) is 28.2. The number of nitrogens with zero attached hydrogens (tertiary/aromatic N) is 2. The molecule has 0 aliphatic rings. The number of rotatable bonds is 11.